The lowest BCUT2D eigenvalue weighted by molar-refractivity contribution is 0.981. The van der Waals surface area contributed by atoms with Crippen molar-refractivity contribution >= 4 is 28.5 Å². The van der Waals surface area contributed by atoms with E-state index in [1.165, 1.54) is 5.56 Å². The summed E-state index contributed by atoms with van der Waals surface area (Å²) < 4.78 is 0. The Balaban J connectivity index is 1.58. The molecule has 0 atom stereocenters. The van der Waals surface area contributed by atoms with E-state index in [1.807, 2.05) is 31.2 Å². The van der Waals surface area contributed by atoms with Crippen molar-refractivity contribution in [1.82, 2.24) is 0 Å². The van der Waals surface area contributed by atoms with Gasteiger partial charge in [-0.05, 0) is 48.9 Å². The number of rotatable bonds is 9. The molecule has 0 spiro atoms. The Hall–Kier alpha value is -3.47. The van der Waals surface area contributed by atoms with E-state index in [0.717, 1.165) is 41.6 Å². The highest BCUT2D eigenvalue weighted by Gasteiger charge is 2.08. The van der Waals surface area contributed by atoms with Crippen LogP contribution in [0, 0.1) is 0 Å². The molecule has 156 valence electrons. The number of hydrogen-bond acceptors (Lipinski definition) is 5. The largest absolute Gasteiger partial charge is 0.386 e. The van der Waals surface area contributed by atoms with Gasteiger partial charge >= 0.3 is 0 Å². The van der Waals surface area contributed by atoms with Gasteiger partial charge in [0, 0.05) is 33.4 Å². The molecular weight excluding hydrogens is 370 g/mol. The molecule has 0 unspecified atom stereocenters. The number of para-hydroxylation sites is 2. The SMILES string of the molecule is CNc1ccccc1N(C)C/C(C)=N/N(C)c1ccc(NCc2ccccc2)cc1. The molecule has 0 aliphatic carbocycles. The Bertz CT molecular complexity index is 951. The van der Waals surface area contributed by atoms with E-state index in [4.69, 9.17) is 5.10 Å². The molecule has 2 N–H and O–H groups in total. The van der Waals surface area contributed by atoms with Crippen molar-refractivity contribution in [1.29, 1.82) is 0 Å². The zero-order valence-corrected chi connectivity index (χ0v) is 18.3. The van der Waals surface area contributed by atoms with Gasteiger partial charge in [0.25, 0.3) is 0 Å². The summed E-state index contributed by atoms with van der Waals surface area (Å²) in [4.78, 5) is 2.20. The van der Waals surface area contributed by atoms with Crippen LogP contribution in [0.3, 0.4) is 0 Å². The monoisotopic (exact) mass is 401 g/mol. The molecule has 3 aromatic carbocycles. The fraction of sp³-hybridized carbons (Fsp3) is 0.240. The molecule has 0 bridgehead atoms. The summed E-state index contributed by atoms with van der Waals surface area (Å²) in [5, 5.41) is 13.4. The van der Waals surface area contributed by atoms with Gasteiger partial charge in [-0.2, -0.15) is 5.10 Å². The number of benzene rings is 3. The van der Waals surface area contributed by atoms with Crippen molar-refractivity contribution < 1.29 is 0 Å². The highest BCUT2D eigenvalue weighted by Crippen LogP contribution is 2.24. The highest BCUT2D eigenvalue weighted by atomic mass is 15.4. The summed E-state index contributed by atoms with van der Waals surface area (Å²) in [6.07, 6.45) is 0. The first-order chi connectivity index (χ1) is 14.6. The maximum Gasteiger partial charge on any atom is 0.0602 e. The molecular formula is C25H31N5. The van der Waals surface area contributed by atoms with Gasteiger partial charge in [0.05, 0.1) is 29.3 Å². The molecule has 5 nitrogen and oxygen atoms in total. The Labute approximate surface area is 180 Å². The molecule has 0 amide bonds. The lowest BCUT2D eigenvalue weighted by Gasteiger charge is -2.23. The van der Waals surface area contributed by atoms with Crippen molar-refractivity contribution in [2.45, 2.75) is 13.5 Å². The fourth-order valence-corrected chi connectivity index (χ4v) is 3.39. The highest BCUT2D eigenvalue weighted by molar-refractivity contribution is 5.88. The van der Waals surface area contributed by atoms with Gasteiger partial charge in [-0.1, -0.05) is 42.5 Å². The van der Waals surface area contributed by atoms with E-state index in [1.54, 1.807) is 0 Å². The van der Waals surface area contributed by atoms with E-state index < -0.39 is 0 Å². The van der Waals surface area contributed by atoms with Gasteiger partial charge in [0.1, 0.15) is 0 Å². The molecule has 0 fully saturated rings. The molecule has 3 rings (SSSR count). The quantitative estimate of drug-likeness (QED) is 0.378. The normalized spacial score (nSPS) is 11.1. The van der Waals surface area contributed by atoms with Crippen molar-refractivity contribution in [3.63, 3.8) is 0 Å². The predicted molar refractivity (Wildman–Crippen MR) is 131 cm³/mol. The first kappa shape index (κ1) is 21.2. The van der Waals surface area contributed by atoms with Crippen molar-refractivity contribution in [2.24, 2.45) is 5.10 Å². The minimum atomic E-state index is 0.750. The molecule has 0 heterocycles. The summed E-state index contributed by atoms with van der Waals surface area (Å²) in [5.41, 5.74) is 6.73. The van der Waals surface area contributed by atoms with Gasteiger partial charge in [-0.25, -0.2) is 0 Å². The Morgan fingerprint density at radius 1 is 0.867 bits per heavy atom. The van der Waals surface area contributed by atoms with Crippen LogP contribution >= 0.6 is 0 Å². The van der Waals surface area contributed by atoms with Gasteiger partial charge in [0.2, 0.25) is 0 Å². The van der Waals surface area contributed by atoms with E-state index >= 15 is 0 Å². The van der Waals surface area contributed by atoms with Gasteiger partial charge < -0.3 is 15.5 Å². The van der Waals surface area contributed by atoms with Crippen LogP contribution in [0.25, 0.3) is 0 Å². The molecule has 30 heavy (non-hydrogen) atoms. The molecule has 5 heteroatoms. The van der Waals surface area contributed by atoms with Gasteiger partial charge in [-0.3, -0.25) is 5.01 Å². The van der Waals surface area contributed by atoms with Crippen LogP contribution in [0.1, 0.15) is 12.5 Å². The smallest absolute Gasteiger partial charge is 0.0602 e. The molecule has 0 aliphatic heterocycles. The van der Waals surface area contributed by atoms with Crippen LogP contribution in [0.15, 0.2) is 84.0 Å². The molecule has 0 radical (unpaired) electrons. The fourth-order valence-electron chi connectivity index (χ4n) is 3.39. The minimum absolute atomic E-state index is 0.750. The standard InChI is InChI=1S/C25H31N5/c1-20(19-29(3)25-13-9-8-12-24(25)26-2)28-30(4)23-16-14-22(15-17-23)27-18-21-10-6-5-7-11-21/h5-17,26-27H,18-19H2,1-4H3/b28-20+. The molecule has 0 saturated carbocycles. The maximum atomic E-state index is 4.76. The summed E-state index contributed by atoms with van der Waals surface area (Å²) in [5.74, 6) is 0. The Morgan fingerprint density at radius 2 is 1.53 bits per heavy atom. The third-order valence-electron chi connectivity index (χ3n) is 4.95. The molecule has 3 aromatic rings. The average molecular weight is 402 g/mol. The summed E-state index contributed by atoms with van der Waals surface area (Å²) in [6, 6.07) is 27.0. The second-order valence-electron chi connectivity index (χ2n) is 7.37. The van der Waals surface area contributed by atoms with Crippen LogP contribution in [0.2, 0.25) is 0 Å². The lowest BCUT2D eigenvalue weighted by atomic mass is 10.2. The number of hydrogen-bond donors (Lipinski definition) is 2. The maximum absolute atomic E-state index is 4.76. The lowest BCUT2D eigenvalue weighted by Crippen LogP contribution is -2.26. The van der Waals surface area contributed by atoms with E-state index in [9.17, 15) is 0 Å². The second kappa shape index (κ2) is 10.3. The number of nitrogens with zero attached hydrogens (tertiary/aromatic N) is 3. The zero-order valence-electron chi connectivity index (χ0n) is 18.3. The number of anilines is 4. The number of nitrogens with one attached hydrogen (secondary N) is 2. The average Bonchev–Trinajstić information content (AvgIpc) is 2.78. The Kier molecular flexibility index (Phi) is 7.33. The van der Waals surface area contributed by atoms with Gasteiger partial charge in [0.15, 0.2) is 0 Å². The summed E-state index contributed by atoms with van der Waals surface area (Å²) in [7, 11) is 6.01. The van der Waals surface area contributed by atoms with Gasteiger partial charge in [-0.15, -0.1) is 0 Å². The predicted octanol–water partition coefficient (Wildman–Crippen LogP) is 5.29. The van der Waals surface area contributed by atoms with Crippen LogP contribution in [0.4, 0.5) is 22.7 Å². The van der Waals surface area contributed by atoms with E-state index in [-0.39, 0.29) is 0 Å². The topological polar surface area (TPSA) is 42.9 Å². The zero-order chi connectivity index (χ0) is 21.3. The van der Waals surface area contributed by atoms with Crippen molar-refractivity contribution in [2.75, 3.05) is 48.2 Å². The summed E-state index contributed by atoms with van der Waals surface area (Å²) >= 11 is 0. The first-order valence-electron chi connectivity index (χ1n) is 10.2. The van der Waals surface area contributed by atoms with Crippen LogP contribution < -0.4 is 20.5 Å². The molecule has 0 aromatic heterocycles. The third-order valence-corrected chi connectivity index (χ3v) is 4.95. The van der Waals surface area contributed by atoms with Crippen LogP contribution in [-0.2, 0) is 6.54 Å². The van der Waals surface area contributed by atoms with Crippen molar-refractivity contribution in [3.05, 3.63) is 84.4 Å². The molecule has 0 aliphatic rings. The second-order valence-corrected chi connectivity index (χ2v) is 7.37. The molecule has 0 saturated heterocycles. The minimum Gasteiger partial charge on any atom is -0.386 e. The Morgan fingerprint density at radius 3 is 2.23 bits per heavy atom. The summed E-state index contributed by atoms with van der Waals surface area (Å²) in [6.45, 7) is 3.62. The van der Waals surface area contributed by atoms with Crippen LogP contribution in [0.5, 0.6) is 0 Å². The first-order valence-corrected chi connectivity index (χ1v) is 10.2. The number of hydrazone groups is 1. The van der Waals surface area contributed by atoms with E-state index in [2.05, 4.69) is 96.2 Å². The van der Waals surface area contributed by atoms with Crippen LogP contribution in [-0.4, -0.2) is 33.4 Å². The van der Waals surface area contributed by atoms with Crippen molar-refractivity contribution in [3.8, 4) is 0 Å². The third kappa shape index (κ3) is 5.77. The van der Waals surface area contributed by atoms with E-state index in [0.29, 0.717) is 0 Å².